The second-order valence-electron chi connectivity index (χ2n) is 6.05. The molecule has 1 fully saturated rings. The summed E-state index contributed by atoms with van der Waals surface area (Å²) in [5, 5.41) is 23.3. The molecule has 116 valence electrons. The van der Waals surface area contributed by atoms with Gasteiger partial charge >= 0.3 is 0 Å². The van der Waals surface area contributed by atoms with Gasteiger partial charge in [-0.2, -0.15) is 0 Å². The van der Waals surface area contributed by atoms with Gasteiger partial charge in [0.05, 0.1) is 18.1 Å². The van der Waals surface area contributed by atoms with Crippen LogP contribution in [-0.4, -0.2) is 28.3 Å². The third-order valence-corrected chi connectivity index (χ3v) is 4.21. The highest BCUT2D eigenvalue weighted by Gasteiger charge is 2.28. The van der Waals surface area contributed by atoms with Crippen LogP contribution < -0.4 is 5.32 Å². The van der Waals surface area contributed by atoms with Gasteiger partial charge in [0.25, 0.3) is 0 Å². The van der Waals surface area contributed by atoms with Gasteiger partial charge in [-0.3, -0.25) is 4.79 Å². The van der Waals surface area contributed by atoms with Crippen molar-refractivity contribution in [1.29, 1.82) is 0 Å². The van der Waals surface area contributed by atoms with Gasteiger partial charge in [-0.05, 0) is 18.4 Å². The molecule has 0 aromatic heterocycles. The molecule has 1 aromatic rings. The second kappa shape index (κ2) is 7.57. The van der Waals surface area contributed by atoms with Crippen molar-refractivity contribution in [3.05, 3.63) is 35.9 Å². The van der Waals surface area contributed by atoms with Crippen molar-refractivity contribution in [2.24, 2.45) is 0 Å². The molecule has 2 rings (SSSR count). The fraction of sp³-hybridized carbons (Fsp3) is 0.588. The molecule has 21 heavy (non-hydrogen) atoms. The summed E-state index contributed by atoms with van der Waals surface area (Å²) in [7, 11) is 0. The fourth-order valence-electron chi connectivity index (χ4n) is 2.87. The van der Waals surface area contributed by atoms with Gasteiger partial charge in [-0.15, -0.1) is 0 Å². The first-order valence-corrected chi connectivity index (χ1v) is 7.81. The molecular weight excluding hydrogens is 266 g/mol. The molecule has 0 saturated heterocycles. The minimum absolute atomic E-state index is 0.0279. The van der Waals surface area contributed by atoms with E-state index in [0.29, 0.717) is 0 Å². The molecule has 4 heteroatoms. The largest absolute Gasteiger partial charge is 0.388 e. The van der Waals surface area contributed by atoms with Gasteiger partial charge < -0.3 is 15.5 Å². The van der Waals surface area contributed by atoms with Crippen LogP contribution in [0.2, 0.25) is 0 Å². The molecule has 1 aliphatic rings. The van der Waals surface area contributed by atoms with Crippen molar-refractivity contribution < 1.29 is 15.0 Å². The number of amides is 1. The van der Waals surface area contributed by atoms with E-state index in [1.165, 1.54) is 0 Å². The van der Waals surface area contributed by atoms with Crippen LogP contribution in [0.15, 0.2) is 30.3 Å². The molecule has 1 saturated carbocycles. The third kappa shape index (κ3) is 5.14. The number of nitrogens with one attached hydrogen (secondary N) is 1. The van der Waals surface area contributed by atoms with Gasteiger partial charge in [0.2, 0.25) is 5.91 Å². The lowest BCUT2D eigenvalue weighted by atomic mass is 9.94. The molecule has 1 aromatic carbocycles. The Bertz CT molecular complexity index is 439. The maximum absolute atomic E-state index is 11.9. The molecule has 4 nitrogen and oxygen atoms in total. The highest BCUT2D eigenvalue weighted by molar-refractivity contribution is 5.76. The molecule has 1 atom stereocenters. The van der Waals surface area contributed by atoms with Crippen molar-refractivity contribution in [2.75, 3.05) is 6.54 Å². The van der Waals surface area contributed by atoms with Crippen molar-refractivity contribution in [3.8, 4) is 0 Å². The number of aliphatic hydroxyl groups excluding tert-OH is 1. The highest BCUT2D eigenvalue weighted by atomic mass is 16.3. The van der Waals surface area contributed by atoms with Crippen molar-refractivity contribution in [1.82, 2.24) is 5.32 Å². The maximum Gasteiger partial charge on any atom is 0.223 e. The van der Waals surface area contributed by atoms with Crippen LogP contribution in [0.25, 0.3) is 0 Å². The normalized spacial score (nSPS) is 19.5. The first-order chi connectivity index (χ1) is 10.1. The Morgan fingerprint density at radius 2 is 1.76 bits per heavy atom. The first-order valence-electron chi connectivity index (χ1n) is 7.81. The summed E-state index contributed by atoms with van der Waals surface area (Å²) in [6, 6.07) is 9.15. The molecule has 0 heterocycles. The number of carbonyl (C=O) groups excluding carboxylic acids is 1. The SMILES string of the molecule is O=C(CC(O)c1ccccc1)NCC1(O)CCCCCC1. The topological polar surface area (TPSA) is 69.6 Å². The third-order valence-electron chi connectivity index (χ3n) is 4.21. The van der Waals surface area contributed by atoms with Crippen LogP contribution in [0.4, 0.5) is 0 Å². The summed E-state index contributed by atoms with van der Waals surface area (Å²) in [6.07, 6.45) is 5.06. The van der Waals surface area contributed by atoms with E-state index >= 15 is 0 Å². The average molecular weight is 291 g/mol. The van der Waals surface area contributed by atoms with Gasteiger partial charge in [0, 0.05) is 6.54 Å². The lowest BCUT2D eigenvalue weighted by molar-refractivity contribution is -0.124. The summed E-state index contributed by atoms with van der Waals surface area (Å²) in [5.74, 6) is -0.218. The van der Waals surface area contributed by atoms with Crippen LogP contribution in [-0.2, 0) is 4.79 Å². The Hall–Kier alpha value is -1.39. The molecule has 1 aliphatic carbocycles. The molecule has 3 N–H and O–H groups in total. The van der Waals surface area contributed by atoms with E-state index in [1.807, 2.05) is 18.2 Å². The molecule has 0 bridgehead atoms. The molecule has 0 spiro atoms. The summed E-state index contributed by atoms with van der Waals surface area (Å²) in [6.45, 7) is 0.285. The summed E-state index contributed by atoms with van der Waals surface area (Å²) in [5.41, 5.74) is -0.0371. The monoisotopic (exact) mass is 291 g/mol. The lowest BCUT2D eigenvalue weighted by Crippen LogP contribution is -2.42. The van der Waals surface area contributed by atoms with E-state index < -0.39 is 11.7 Å². The maximum atomic E-state index is 11.9. The van der Waals surface area contributed by atoms with Gasteiger partial charge in [-0.25, -0.2) is 0 Å². The lowest BCUT2D eigenvalue weighted by Gasteiger charge is -2.27. The Morgan fingerprint density at radius 3 is 2.38 bits per heavy atom. The van der Waals surface area contributed by atoms with E-state index in [-0.39, 0.29) is 18.9 Å². The van der Waals surface area contributed by atoms with E-state index in [1.54, 1.807) is 12.1 Å². The van der Waals surface area contributed by atoms with E-state index in [4.69, 9.17) is 0 Å². The quantitative estimate of drug-likeness (QED) is 0.729. The van der Waals surface area contributed by atoms with E-state index in [0.717, 1.165) is 44.1 Å². The summed E-state index contributed by atoms with van der Waals surface area (Å²) < 4.78 is 0. The Balaban J connectivity index is 1.79. The fourth-order valence-corrected chi connectivity index (χ4v) is 2.87. The zero-order valence-corrected chi connectivity index (χ0v) is 12.4. The second-order valence-corrected chi connectivity index (χ2v) is 6.05. The molecule has 0 radical (unpaired) electrons. The summed E-state index contributed by atoms with van der Waals surface area (Å²) in [4.78, 5) is 11.9. The van der Waals surface area contributed by atoms with Gasteiger partial charge in [-0.1, -0.05) is 56.0 Å². The van der Waals surface area contributed by atoms with Crippen molar-refractivity contribution >= 4 is 5.91 Å². The smallest absolute Gasteiger partial charge is 0.223 e. The predicted molar refractivity (Wildman–Crippen MR) is 81.7 cm³/mol. The number of rotatable bonds is 5. The van der Waals surface area contributed by atoms with E-state index in [9.17, 15) is 15.0 Å². The summed E-state index contributed by atoms with van der Waals surface area (Å²) >= 11 is 0. The minimum Gasteiger partial charge on any atom is -0.388 e. The van der Waals surface area contributed by atoms with Crippen LogP contribution in [0.5, 0.6) is 0 Å². The zero-order chi connectivity index (χ0) is 15.1. The molecular formula is C17H25NO3. The number of aliphatic hydroxyl groups is 2. The van der Waals surface area contributed by atoms with Crippen LogP contribution in [0.1, 0.15) is 56.6 Å². The van der Waals surface area contributed by atoms with Crippen LogP contribution >= 0.6 is 0 Å². The molecule has 0 aliphatic heterocycles. The standard InChI is InChI=1S/C17H25NO3/c19-15(14-8-4-3-5-9-14)12-16(20)18-13-17(21)10-6-1-2-7-11-17/h3-5,8-9,15,19,21H,1-2,6-7,10-13H2,(H,18,20). The Kier molecular flexibility index (Phi) is 5.76. The molecule has 1 unspecified atom stereocenters. The van der Waals surface area contributed by atoms with Crippen molar-refractivity contribution in [3.63, 3.8) is 0 Å². The highest BCUT2D eigenvalue weighted by Crippen LogP contribution is 2.26. The van der Waals surface area contributed by atoms with Gasteiger partial charge in [0.15, 0.2) is 0 Å². The van der Waals surface area contributed by atoms with E-state index in [2.05, 4.69) is 5.32 Å². The average Bonchev–Trinajstić information content (AvgIpc) is 2.71. The Morgan fingerprint density at radius 1 is 1.14 bits per heavy atom. The number of carbonyl (C=O) groups is 1. The van der Waals surface area contributed by atoms with Crippen molar-refractivity contribution in [2.45, 2.75) is 56.7 Å². The first kappa shape index (κ1) is 16.0. The number of hydrogen-bond donors (Lipinski definition) is 3. The minimum atomic E-state index is -0.796. The van der Waals surface area contributed by atoms with Crippen LogP contribution in [0.3, 0.4) is 0 Å². The zero-order valence-electron chi connectivity index (χ0n) is 12.4. The van der Waals surface area contributed by atoms with Crippen LogP contribution in [0, 0.1) is 0 Å². The number of hydrogen-bond acceptors (Lipinski definition) is 3. The van der Waals surface area contributed by atoms with Gasteiger partial charge in [0.1, 0.15) is 0 Å². The predicted octanol–water partition coefficient (Wildman–Crippen LogP) is 2.31. The number of benzene rings is 1. The molecule has 1 amide bonds. The Labute approximate surface area is 126 Å².